The first kappa shape index (κ1) is 21.8. The van der Waals surface area contributed by atoms with Gasteiger partial charge in [-0.25, -0.2) is 0 Å². The Balaban J connectivity index is 1.72. The SMILES string of the molecule is C=CCn1c(SCC(=O)Nc2ccc(C)c(C)c2)nnc1-c1ccc(C(C)C)cc1. The highest BCUT2D eigenvalue weighted by atomic mass is 32.2. The zero-order chi connectivity index (χ0) is 21.7. The zero-order valence-electron chi connectivity index (χ0n) is 18.0. The van der Waals surface area contributed by atoms with E-state index in [0.29, 0.717) is 17.6 Å². The molecule has 0 saturated heterocycles. The molecule has 0 aliphatic rings. The fourth-order valence-corrected chi connectivity index (χ4v) is 3.81. The van der Waals surface area contributed by atoms with E-state index in [1.54, 1.807) is 0 Å². The molecule has 0 atom stereocenters. The van der Waals surface area contributed by atoms with E-state index in [0.717, 1.165) is 22.6 Å². The molecule has 1 N–H and O–H groups in total. The fraction of sp³-hybridized carbons (Fsp3) is 0.292. The van der Waals surface area contributed by atoms with Crippen LogP contribution in [-0.4, -0.2) is 26.4 Å². The van der Waals surface area contributed by atoms with Crippen molar-refractivity contribution in [3.63, 3.8) is 0 Å². The normalized spacial score (nSPS) is 11.0. The summed E-state index contributed by atoms with van der Waals surface area (Å²) in [6.45, 7) is 12.9. The maximum Gasteiger partial charge on any atom is 0.234 e. The molecule has 0 aliphatic heterocycles. The third kappa shape index (κ3) is 5.19. The third-order valence-electron chi connectivity index (χ3n) is 4.99. The molecule has 1 heterocycles. The van der Waals surface area contributed by atoms with Crippen LogP contribution in [0.5, 0.6) is 0 Å². The number of hydrogen-bond acceptors (Lipinski definition) is 4. The highest BCUT2D eigenvalue weighted by molar-refractivity contribution is 7.99. The van der Waals surface area contributed by atoms with Gasteiger partial charge in [0.15, 0.2) is 11.0 Å². The first-order chi connectivity index (χ1) is 14.4. The lowest BCUT2D eigenvalue weighted by Crippen LogP contribution is -2.14. The number of anilines is 1. The van der Waals surface area contributed by atoms with Crippen LogP contribution in [-0.2, 0) is 11.3 Å². The van der Waals surface area contributed by atoms with Gasteiger partial charge in [0.1, 0.15) is 0 Å². The van der Waals surface area contributed by atoms with Crippen molar-refractivity contribution in [2.45, 2.75) is 45.3 Å². The number of nitrogens with zero attached hydrogens (tertiary/aromatic N) is 3. The first-order valence-corrected chi connectivity index (χ1v) is 11.0. The summed E-state index contributed by atoms with van der Waals surface area (Å²) in [5.74, 6) is 1.45. The quantitative estimate of drug-likeness (QED) is 0.380. The van der Waals surface area contributed by atoms with Crippen molar-refractivity contribution in [3.05, 3.63) is 71.8 Å². The van der Waals surface area contributed by atoms with Gasteiger partial charge in [0.25, 0.3) is 0 Å². The van der Waals surface area contributed by atoms with E-state index in [1.807, 2.05) is 35.8 Å². The van der Waals surface area contributed by atoms with E-state index in [1.165, 1.54) is 22.9 Å². The summed E-state index contributed by atoms with van der Waals surface area (Å²) in [4.78, 5) is 12.4. The van der Waals surface area contributed by atoms with Gasteiger partial charge >= 0.3 is 0 Å². The summed E-state index contributed by atoms with van der Waals surface area (Å²) in [6, 6.07) is 14.3. The molecule has 3 aromatic rings. The predicted molar refractivity (Wildman–Crippen MR) is 125 cm³/mol. The van der Waals surface area contributed by atoms with E-state index in [-0.39, 0.29) is 11.7 Å². The maximum atomic E-state index is 12.4. The minimum Gasteiger partial charge on any atom is -0.325 e. The number of nitrogens with one attached hydrogen (secondary N) is 1. The van der Waals surface area contributed by atoms with Crippen LogP contribution in [0.15, 0.2) is 60.3 Å². The summed E-state index contributed by atoms with van der Waals surface area (Å²) in [6.07, 6.45) is 1.81. The van der Waals surface area contributed by atoms with Crippen molar-refractivity contribution in [2.24, 2.45) is 0 Å². The molecular formula is C24H28N4OS. The monoisotopic (exact) mass is 420 g/mol. The minimum atomic E-state index is -0.0701. The number of hydrogen-bond donors (Lipinski definition) is 1. The van der Waals surface area contributed by atoms with Gasteiger partial charge in [-0.15, -0.1) is 16.8 Å². The molecule has 0 aliphatic carbocycles. The first-order valence-electron chi connectivity index (χ1n) is 10.0. The molecule has 0 spiro atoms. The Labute approximate surface area is 182 Å². The second-order valence-corrected chi connectivity index (χ2v) is 8.56. The molecule has 3 rings (SSSR count). The van der Waals surface area contributed by atoms with Crippen molar-refractivity contribution in [1.29, 1.82) is 0 Å². The standard InChI is InChI=1S/C24H28N4OS/c1-6-13-28-23(20-10-8-19(9-11-20)16(2)3)26-27-24(28)30-15-22(29)25-21-12-7-17(4)18(5)14-21/h6-12,14,16H,1,13,15H2,2-5H3,(H,25,29). The van der Waals surface area contributed by atoms with Crippen LogP contribution in [0.4, 0.5) is 5.69 Å². The molecule has 0 fully saturated rings. The number of carbonyl (C=O) groups is 1. The lowest BCUT2D eigenvalue weighted by molar-refractivity contribution is -0.113. The molecule has 1 amide bonds. The topological polar surface area (TPSA) is 59.8 Å². The molecule has 1 aromatic heterocycles. The Morgan fingerprint density at radius 2 is 1.87 bits per heavy atom. The second kappa shape index (κ2) is 9.76. The van der Waals surface area contributed by atoms with Gasteiger partial charge in [0.05, 0.1) is 5.75 Å². The number of allylic oxidation sites excluding steroid dienone is 1. The van der Waals surface area contributed by atoms with E-state index >= 15 is 0 Å². The van der Waals surface area contributed by atoms with E-state index in [4.69, 9.17) is 0 Å². The van der Waals surface area contributed by atoms with E-state index in [2.05, 4.69) is 67.1 Å². The lowest BCUT2D eigenvalue weighted by atomic mass is 10.0. The van der Waals surface area contributed by atoms with Crippen LogP contribution in [0.25, 0.3) is 11.4 Å². The number of carbonyl (C=O) groups excluding carboxylic acids is 1. The Bertz CT molecular complexity index is 1040. The smallest absolute Gasteiger partial charge is 0.234 e. The summed E-state index contributed by atoms with van der Waals surface area (Å²) in [7, 11) is 0. The molecule has 0 saturated carbocycles. The zero-order valence-corrected chi connectivity index (χ0v) is 18.8. The molecule has 30 heavy (non-hydrogen) atoms. The second-order valence-electron chi connectivity index (χ2n) is 7.62. The largest absolute Gasteiger partial charge is 0.325 e. The minimum absolute atomic E-state index is 0.0701. The lowest BCUT2D eigenvalue weighted by Gasteiger charge is -2.10. The van der Waals surface area contributed by atoms with Gasteiger partial charge in [-0.2, -0.15) is 0 Å². The molecule has 2 aromatic carbocycles. The van der Waals surface area contributed by atoms with Crippen LogP contribution in [0.1, 0.15) is 36.5 Å². The van der Waals surface area contributed by atoms with Gasteiger partial charge in [-0.05, 0) is 48.6 Å². The van der Waals surface area contributed by atoms with Crippen LogP contribution in [0.3, 0.4) is 0 Å². The Hall–Kier alpha value is -2.86. The van der Waals surface area contributed by atoms with Gasteiger partial charge in [-0.1, -0.05) is 62.0 Å². The highest BCUT2D eigenvalue weighted by Crippen LogP contribution is 2.26. The van der Waals surface area contributed by atoms with E-state index < -0.39 is 0 Å². The molecule has 6 heteroatoms. The molecule has 0 bridgehead atoms. The summed E-state index contributed by atoms with van der Waals surface area (Å²) < 4.78 is 1.99. The van der Waals surface area contributed by atoms with Crippen molar-refractivity contribution in [3.8, 4) is 11.4 Å². The number of aromatic nitrogens is 3. The predicted octanol–water partition coefficient (Wildman–Crippen LogP) is 5.60. The third-order valence-corrected chi connectivity index (χ3v) is 5.95. The molecule has 5 nitrogen and oxygen atoms in total. The Morgan fingerprint density at radius 3 is 2.50 bits per heavy atom. The average Bonchev–Trinajstić information content (AvgIpc) is 3.12. The van der Waals surface area contributed by atoms with Crippen LogP contribution < -0.4 is 5.32 Å². The Kier molecular flexibility index (Phi) is 7.11. The van der Waals surface area contributed by atoms with Crippen molar-refractivity contribution < 1.29 is 4.79 Å². The van der Waals surface area contributed by atoms with Crippen molar-refractivity contribution >= 4 is 23.4 Å². The molecule has 156 valence electrons. The van der Waals surface area contributed by atoms with Gasteiger partial charge < -0.3 is 5.32 Å². The van der Waals surface area contributed by atoms with Gasteiger partial charge in [-0.3, -0.25) is 9.36 Å². The number of thioether (sulfide) groups is 1. The van der Waals surface area contributed by atoms with Crippen LogP contribution >= 0.6 is 11.8 Å². The maximum absolute atomic E-state index is 12.4. The summed E-state index contributed by atoms with van der Waals surface area (Å²) in [5, 5.41) is 12.3. The average molecular weight is 421 g/mol. The van der Waals surface area contributed by atoms with Crippen LogP contribution in [0.2, 0.25) is 0 Å². The number of aryl methyl sites for hydroxylation is 2. The molecule has 0 unspecified atom stereocenters. The molecular weight excluding hydrogens is 392 g/mol. The van der Waals surface area contributed by atoms with Crippen molar-refractivity contribution in [1.82, 2.24) is 14.8 Å². The van der Waals surface area contributed by atoms with Gasteiger partial charge in [0, 0.05) is 17.8 Å². The van der Waals surface area contributed by atoms with Crippen LogP contribution in [0, 0.1) is 13.8 Å². The van der Waals surface area contributed by atoms with Crippen molar-refractivity contribution in [2.75, 3.05) is 11.1 Å². The number of amides is 1. The Morgan fingerprint density at radius 1 is 1.13 bits per heavy atom. The summed E-state index contributed by atoms with van der Waals surface area (Å²) in [5.41, 5.74) is 5.45. The highest BCUT2D eigenvalue weighted by Gasteiger charge is 2.15. The van der Waals surface area contributed by atoms with Gasteiger partial charge in [0.2, 0.25) is 5.91 Å². The summed E-state index contributed by atoms with van der Waals surface area (Å²) >= 11 is 1.37. The number of rotatable bonds is 8. The van der Waals surface area contributed by atoms with E-state index in [9.17, 15) is 4.79 Å². The molecule has 0 radical (unpaired) electrons. The fourth-order valence-electron chi connectivity index (χ4n) is 3.07. The number of benzene rings is 2.